The van der Waals surface area contributed by atoms with E-state index in [4.69, 9.17) is 4.74 Å². The number of nitrogens with zero attached hydrogens (tertiary/aromatic N) is 1. The van der Waals surface area contributed by atoms with Crippen molar-refractivity contribution in [1.29, 1.82) is 0 Å². The number of halogens is 2. The third-order valence-corrected chi connectivity index (χ3v) is 3.91. The number of benzene rings is 1. The summed E-state index contributed by atoms with van der Waals surface area (Å²) in [5, 5.41) is 0. The number of hydrogen-bond donors (Lipinski definition) is 0. The highest BCUT2D eigenvalue weighted by molar-refractivity contribution is 9.10. The first-order valence-corrected chi connectivity index (χ1v) is 7.33. The van der Waals surface area contributed by atoms with E-state index in [9.17, 15) is 4.39 Å². The van der Waals surface area contributed by atoms with Gasteiger partial charge in [0.1, 0.15) is 5.82 Å². The summed E-state index contributed by atoms with van der Waals surface area (Å²) >= 11 is 3.43. The minimum Gasteiger partial charge on any atom is -0.367 e. The fraction of sp³-hybridized carbons (Fsp3) is 0.600. The van der Waals surface area contributed by atoms with Gasteiger partial charge in [-0.05, 0) is 45.4 Å². The van der Waals surface area contributed by atoms with Gasteiger partial charge in [-0.1, -0.05) is 22.0 Å². The topological polar surface area (TPSA) is 12.5 Å². The molecule has 2 nitrogen and oxygen atoms in total. The smallest absolute Gasteiger partial charge is 0.124 e. The van der Waals surface area contributed by atoms with Crippen molar-refractivity contribution in [1.82, 2.24) is 4.90 Å². The maximum Gasteiger partial charge on any atom is 0.124 e. The van der Waals surface area contributed by atoms with Gasteiger partial charge in [0.05, 0.1) is 11.2 Å². The SMILES string of the molecule is CC1(C)CN(Cc2ccc(F)cc2Br)CC(C)(C)O1. The molecule has 1 fully saturated rings. The zero-order chi connectivity index (χ0) is 14.3. The molecule has 0 bridgehead atoms. The highest BCUT2D eigenvalue weighted by atomic mass is 79.9. The fourth-order valence-corrected chi connectivity index (χ4v) is 3.42. The highest BCUT2D eigenvalue weighted by Gasteiger charge is 2.37. The lowest BCUT2D eigenvalue weighted by molar-refractivity contribution is -0.182. The summed E-state index contributed by atoms with van der Waals surface area (Å²) < 4.78 is 20.0. The van der Waals surface area contributed by atoms with E-state index >= 15 is 0 Å². The van der Waals surface area contributed by atoms with Crippen LogP contribution in [0.3, 0.4) is 0 Å². The van der Waals surface area contributed by atoms with Gasteiger partial charge >= 0.3 is 0 Å². The minimum atomic E-state index is -0.210. The lowest BCUT2D eigenvalue weighted by Gasteiger charge is -2.47. The van der Waals surface area contributed by atoms with Gasteiger partial charge in [-0.3, -0.25) is 4.90 Å². The Hall–Kier alpha value is -0.450. The van der Waals surface area contributed by atoms with E-state index in [1.54, 1.807) is 0 Å². The highest BCUT2D eigenvalue weighted by Crippen LogP contribution is 2.30. The summed E-state index contributed by atoms with van der Waals surface area (Å²) in [6.45, 7) is 11.0. The molecule has 1 aliphatic rings. The van der Waals surface area contributed by atoms with Gasteiger partial charge in [0.15, 0.2) is 0 Å². The molecule has 1 aromatic rings. The second-order valence-electron chi connectivity index (χ2n) is 6.50. The van der Waals surface area contributed by atoms with E-state index < -0.39 is 0 Å². The second kappa shape index (κ2) is 5.15. The predicted molar refractivity (Wildman–Crippen MR) is 78.6 cm³/mol. The molecule has 0 aliphatic carbocycles. The monoisotopic (exact) mass is 329 g/mol. The van der Waals surface area contributed by atoms with Gasteiger partial charge in [-0.25, -0.2) is 4.39 Å². The molecule has 2 rings (SSSR count). The molecule has 1 aromatic carbocycles. The average molecular weight is 330 g/mol. The molecule has 0 saturated carbocycles. The van der Waals surface area contributed by atoms with Crippen LogP contribution in [0.4, 0.5) is 4.39 Å². The molecular formula is C15H21BrFNO. The molecule has 0 aromatic heterocycles. The zero-order valence-electron chi connectivity index (χ0n) is 12.0. The van der Waals surface area contributed by atoms with Crippen LogP contribution in [0.1, 0.15) is 33.3 Å². The Balaban J connectivity index is 2.14. The lowest BCUT2D eigenvalue weighted by Crippen LogP contribution is -2.56. The van der Waals surface area contributed by atoms with Crippen molar-refractivity contribution in [3.63, 3.8) is 0 Å². The Kier molecular flexibility index (Phi) is 4.05. The molecule has 1 heterocycles. The third-order valence-electron chi connectivity index (χ3n) is 3.17. The van der Waals surface area contributed by atoms with Crippen molar-refractivity contribution in [3.05, 3.63) is 34.1 Å². The van der Waals surface area contributed by atoms with Gasteiger partial charge in [0.2, 0.25) is 0 Å². The van der Waals surface area contributed by atoms with E-state index in [0.29, 0.717) is 0 Å². The summed E-state index contributed by atoms with van der Waals surface area (Å²) in [4.78, 5) is 2.36. The molecule has 106 valence electrons. The Morgan fingerprint density at radius 2 is 1.79 bits per heavy atom. The van der Waals surface area contributed by atoms with Crippen LogP contribution in [-0.4, -0.2) is 29.2 Å². The second-order valence-corrected chi connectivity index (χ2v) is 7.36. The van der Waals surface area contributed by atoms with Crippen molar-refractivity contribution < 1.29 is 9.13 Å². The first-order chi connectivity index (χ1) is 8.67. The Morgan fingerprint density at radius 1 is 1.21 bits per heavy atom. The largest absolute Gasteiger partial charge is 0.367 e. The van der Waals surface area contributed by atoms with Gasteiger partial charge in [-0.2, -0.15) is 0 Å². The van der Waals surface area contributed by atoms with Gasteiger partial charge in [-0.15, -0.1) is 0 Å². The quantitative estimate of drug-likeness (QED) is 0.813. The van der Waals surface area contributed by atoms with Crippen molar-refractivity contribution in [3.8, 4) is 0 Å². The summed E-state index contributed by atoms with van der Waals surface area (Å²) in [5.74, 6) is -0.210. The van der Waals surface area contributed by atoms with Crippen LogP contribution >= 0.6 is 15.9 Å². The van der Waals surface area contributed by atoms with Crippen LogP contribution in [0.25, 0.3) is 0 Å². The average Bonchev–Trinajstić information content (AvgIpc) is 2.17. The summed E-state index contributed by atoms with van der Waals surface area (Å²) in [6, 6.07) is 4.87. The zero-order valence-corrected chi connectivity index (χ0v) is 13.6. The molecular weight excluding hydrogens is 309 g/mol. The number of rotatable bonds is 2. The van der Waals surface area contributed by atoms with Gasteiger partial charge in [0, 0.05) is 24.1 Å². The molecule has 1 aliphatic heterocycles. The molecule has 19 heavy (non-hydrogen) atoms. The van der Waals surface area contributed by atoms with Crippen LogP contribution in [0.2, 0.25) is 0 Å². The molecule has 0 radical (unpaired) electrons. The molecule has 0 N–H and O–H groups in total. The van der Waals surface area contributed by atoms with E-state index in [1.807, 2.05) is 6.07 Å². The van der Waals surface area contributed by atoms with E-state index in [-0.39, 0.29) is 17.0 Å². The summed E-state index contributed by atoms with van der Waals surface area (Å²) in [7, 11) is 0. The maximum absolute atomic E-state index is 13.1. The lowest BCUT2D eigenvalue weighted by atomic mass is 9.98. The third kappa shape index (κ3) is 4.01. The molecule has 4 heteroatoms. The Morgan fingerprint density at radius 3 is 2.32 bits per heavy atom. The molecule has 1 saturated heterocycles. The predicted octanol–water partition coefficient (Wildman–Crippen LogP) is 3.98. The van der Waals surface area contributed by atoms with E-state index in [2.05, 4.69) is 48.5 Å². The van der Waals surface area contributed by atoms with Crippen LogP contribution in [0.5, 0.6) is 0 Å². The number of morpholine rings is 1. The maximum atomic E-state index is 13.1. The Labute approximate surface area is 123 Å². The van der Waals surface area contributed by atoms with Gasteiger partial charge < -0.3 is 4.74 Å². The van der Waals surface area contributed by atoms with Gasteiger partial charge in [0.25, 0.3) is 0 Å². The van der Waals surface area contributed by atoms with Crippen LogP contribution in [0, 0.1) is 5.82 Å². The Bertz CT molecular complexity index is 457. The van der Waals surface area contributed by atoms with Crippen LogP contribution in [-0.2, 0) is 11.3 Å². The fourth-order valence-electron chi connectivity index (χ4n) is 2.95. The van der Waals surface area contributed by atoms with Crippen LogP contribution in [0.15, 0.2) is 22.7 Å². The van der Waals surface area contributed by atoms with E-state index in [1.165, 1.54) is 12.1 Å². The molecule has 0 unspecified atom stereocenters. The van der Waals surface area contributed by atoms with E-state index in [0.717, 1.165) is 29.7 Å². The van der Waals surface area contributed by atoms with Crippen molar-refractivity contribution in [2.75, 3.05) is 13.1 Å². The van der Waals surface area contributed by atoms with Crippen molar-refractivity contribution >= 4 is 15.9 Å². The normalized spacial score (nSPS) is 22.4. The molecule has 0 amide bonds. The van der Waals surface area contributed by atoms with Crippen LogP contribution < -0.4 is 0 Å². The number of ether oxygens (including phenoxy) is 1. The van der Waals surface area contributed by atoms with Crippen molar-refractivity contribution in [2.45, 2.75) is 45.4 Å². The summed E-state index contributed by atoms with van der Waals surface area (Å²) in [5.41, 5.74) is 0.789. The first-order valence-electron chi connectivity index (χ1n) is 6.53. The van der Waals surface area contributed by atoms with Crippen molar-refractivity contribution in [2.24, 2.45) is 0 Å². The number of hydrogen-bond acceptors (Lipinski definition) is 2. The molecule has 0 atom stereocenters. The first kappa shape index (κ1) is 14.9. The molecule has 0 spiro atoms. The standard InChI is InChI=1S/C15H21BrFNO/c1-14(2)9-18(10-15(3,4)19-14)8-11-5-6-12(17)7-13(11)16/h5-7H,8-10H2,1-4H3. The summed E-state index contributed by atoms with van der Waals surface area (Å²) in [6.07, 6.45) is 0. The minimum absolute atomic E-state index is 0.158.